The number of halogens is 3. The van der Waals surface area contributed by atoms with Gasteiger partial charge in [-0.1, -0.05) is 48.7 Å². The summed E-state index contributed by atoms with van der Waals surface area (Å²) in [5, 5.41) is 5.03. The van der Waals surface area contributed by atoms with Crippen molar-refractivity contribution in [3.63, 3.8) is 0 Å². The molecule has 0 aliphatic carbocycles. The van der Waals surface area contributed by atoms with Crippen LogP contribution in [0.25, 0.3) is 0 Å². The second-order valence-electron chi connectivity index (χ2n) is 4.66. The van der Waals surface area contributed by atoms with Crippen molar-refractivity contribution in [1.29, 1.82) is 0 Å². The van der Waals surface area contributed by atoms with Gasteiger partial charge in [0.15, 0.2) is 0 Å². The lowest BCUT2D eigenvalue weighted by Crippen LogP contribution is -2.10. The normalized spacial score (nSPS) is 12.2. The van der Waals surface area contributed by atoms with Gasteiger partial charge in [0.25, 0.3) is 0 Å². The van der Waals surface area contributed by atoms with E-state index in [0.717, 1.165) is 33.0 Å². The number of nitrogens with one attached hydrogen (secondary N) is 1. The molecule has 0 aliphatic rings. The molecule has 1 unspecified atom stereocenters. The van der Waals surface area contributed by atoms with Gasteiger partial charge in [-0.15, -0.1) is 0 Å². The Morgan fingerprint density at radius 3 is 2.35 bits per heavy atom. The van der Waals surface area contributed by atoms with Gasteiger partial charge in [0.2, 0.25) is 0 Å². The highest BCUT2D eigenvalue weighted by molar-refractivity contribution is 9.10. The zero-order chi connectivity index (χ0) is 14.5. The van der Waals surface area contributed by atoms with E-state index in [2.05, 4.69) is 40.3 Å². The van der Waals surface area contributed by atoms with Gasteiger partial charge in [0, 0.05) is 14.5 Å². The van der Waals surface area contributed by atoms with Crippen LogP contribution in [0.4, 0.5) is 5.69 Å². The summed E-state index contributed by atoms with van der Waals surface area (Å²) in [6.07, 6.45) is 2.14. The van der Waals surface area contributed by atoms with Crippen molar-refractivity contribution in [3.8, 4) is 0 Å². The molecule has 0 spiro atoms. The average molecular weight is 373 g/mol. The number of anilines is 1. The summed E-state index contributed by atoms with van der Waals surface area (Å²) < 4.78 is 1.01. The maximum Gasteiger partial charge on any atom is 0.0514 e. The lowest BCUT2D eigenvalue weighted by Gasteiger charge is -2.21. The fraction of sp³-hybridized carbons (Fsp3) is 0.250. The highest BCUT2D eigenvalue weighted by Gasteiger charge is 2.12. The van der Waals surface area contributed by atoms with Crippen LogP contribution in [-0.2, 0) is 0 Å². The minimum absolute atomic E-state index is 0.243. The van der Waals surface area contributed by atoms with E-state index in [1.807, 2.05) is 30.3 Å². The summed E-state index contributed by atoms with van der Waals surface area (Å²) in [5.74, 6) is 0. The summed E-state index contributed by atoms with van der Waals surface area (Å²) in [4.78, 5) is 0. The minimum Gasteiger partial charge on any atom is -0.377 e. The molecule has 0 aliphatic heterocycles. The fourth-order valence-corrected chi connectivity index (χ4v) is 2.76. The van der Waals surface area contributed by atoms with Crippen LogP contribution in [0.5, 0.6) is 0 Å². The molecule has 0 aromatic heterocycles. The number of hydrogen-bond acceptors (Lipinski definition) is 1. The smallest absolute Gasteiger partial charge is 0.0514 e. The highest BCUT2D eigenvalue weighted by Crippen LogP contribution is 2.31. The standard InChI is InChI=1S/C16H16BrCl2N/c1-2-3-15(11-4-6-12(18)7-5-11)20-16-10-13(19)8-9-14(16)17/h4-10,15,20H,2-3H2,1H3. The maximum atomic E-state index is 6.07. The summed E-state index contributed by atoms with van der Waals surface area (Å²) in [6, 6.07) is 14.0. The van der Waals surface area contributed by atoms with Crippen LogP contribution in [-0.4, -0.2) is 0 Å². The van der Waals surface area contributed by atoms with Gasteiger partial charge >= 0.3 is 0 Å². The first-order valence-electron chi connectivity index (χ1n) is 6.57. The maximum absolute atomic E-state index is 6.07. The van der Waals surface area contributed by atoms with E-state index in [1.165, 1.54) is 5.56 Å². The summed E-state index contributed by atoms with van der Waals surface area (Å²) in [5.41, 5.74) is 2.23. The third-order valence-electron chi connectivity index (χ3n) is 3.11. The quantitative estimate of drug-likeness (QED) is 0.614. The molecule has 1 atom stereocenters. The third kappa shape index (κ3) is 4.15. The Morgan fingerprint density at radius 1 is 1.05 bits per heavy atom. The van der Waals surface area contributed by atoms with Gasteiger partial charge in [-0.3, -0.25) is 0 Å². The predicted octanol–water partition coefficient (Wildman–Crippen LogP) is 6.71. The van der Waals surface area contributed by atoms with Crippen molar-refractivity contribution in [2.24, 2.45) is 0 Å². The Labute approximate surface area is 138 Å². The molecule has 2 aromatic carbocycles. The summed E-state index contributed by atoms with van der Waals surface area (Å²) >= 11 is 15.6. The first-order chi connectivity index (χ1) is 9.60. The first-order valence-corrected chi connectivity index (χ1v) is 8.12. The molecular weight excluding hydrogens is 357 g/mol. The van der Waals surface area contributed by atoms with Gasteiger partial charge in [-0.2, -0.15) is 0 Å². The Bertz CT molecular complexity index is 569. The molecular formula is C16H16BrCl2N. The average Bonchev–Trinajstić information content (AvgIpc) is 2.43. The highest BCUT2D eigenvalue weighted by atomic mass is 79.9. The van der Waals surface area contributed by atoms with E-state index in [1.54, 1.807) is 0 Å². The second-order valence-corrected chi connectivity index (χ2v) is 6.39. The Balaban J connectivity index is 2.25. The molecule has 2 rings (SSSR count). The van der Waals surface area contributed by atoms with Crippen LogP contribution in [0.15, 0.2) is 46.9 Å². The molecule has 20 heavy (non-hydrogen) atoms. The molecule has 0 fully saturated rings. The van der Waals surface area contributed by atoms with E-state index in [9.17, 15) is 0 Å². The molecule has 1 N–H and O–H groups in total. The lowest BCUT2D eigenvalue weighted by atomic mass is 10.0. The molecule has 0 bridgehead atoms. The molecule has 106 valence electrons. The molecule has 0 radical (unpaired) electrons. The second kappa shape index (κ2) is 7.35. The fourth-order valence-electron chi connectivity index (χ4n) is 2.10. The first kappa shape index (κ1) is 15.7. The number of rotatable bonds is 5. The molecule has 0 heterocycles. The minimum atomic E-state index is 0.243. The van der Waals surface area contributed by atoms with Crippen molar-refractivity contribution >= 4 is 44.8 Å². The van der Waals surface area contributed by atoms with Gasteiger partial charge in [-0.25, -0.2) is 0 Å². The van der Waals surface area contributed by atoms with Crippen LogP contribution in [0.2, 0.25) is 10.0 Å². The van der Waals surface area contributed by atoms with Crippen molar-refractivity contribution < 1.29 is 0 Å². The molecule has 1 nitrogen and oxygen atoms in total. The monoisotopic (exact) mass is 371 g/mol. The molecule has 0 saturated heterocycles. The van der Waals surface area contributed by atoms with Crippen LogP contribution in [0.1, 0.15) is 31.4 Å². The van der Waals surface area contributed by atoms with Crippen molar-refractivity contribution in [1.82, 2.24) is 0 Å². The zero-order valence-corrected chi connectivity index (χ0v) is 14.3. The van der Waals surface area contributed by atoms with E-state index >= 15 is 0 Å². The van der Waals surface area contributed by atoms with E-state index in [4.69, 9.17) is 23.2 Å². The van der Waals surface area contributed by atoms with Crippen molar-refractivity contribution in [2.45, 2.75) is 25.8 Å². The van der Waals surface area contributed by atoms with Gasteiger partial charge < -0.3 is 5.32 Å². The molecule has 0 saturated carbocycles. The Kier molecular flexibility index (Phi) is 5.76. The largest absolute Gasteiger partial charge is 0.377 e. The van der Waals surface area contributed by atoms with E-state index in [-0.39, 0.29) is 6.04 Å². The van der Waals surface area contributed by atoms with Gasteiger partial charge in [-0.05, 0) is 58.2 Å². The lowest BCUT2D eigenvalue weighted by molar-refractivity contribution is 0.677. The Morgan fingerprint density at radius 2 is 1.70 bits per heavy atom. The third-order valence-corrected chi connectivity index (χ3v) is 4.29. The number of hydrogen-bond donors (Lipinski definition) is 1. The SMILES string of the molecule is CCCC(Nc1cc(Cl)ccc1Br)c1ccc(Cl)cc1. The zero-order valence-electron chi connectivity index (χ0n) is 11.2. The van der Waals surface area contributed by atoms with Crippen molar-refractivity contribution in [3.05, 3.63) is 62.5 Å². The van der Waals surface area contributed by atoms with E-state index in [0.29, 0.717) is 0 Å². The molecule has 0 amide bonds. The Hall–Kier alpha value is -0.700. The molecule has 2 aromatic rings. The van der Waals surface area contributed by atoms with Gasteiger partial charge in [0.1, 0.15) is 0 Å². The van der Waals surface area contributed by atoms with E-state index < -0.39 is 0 Å². The van der Waals surface area contributed by atoms with Crippen LogP contribution >= 0.6 is 39.1 Å². The molecule has 4 heteroatoms. The summed E-state index contributed by atoms with van der Waals surface area (Å²) in [6.45, 7) is 2.18. The summed E-state index contributed by atoms with van der Waals surface area (Å²) in [7, 11) is 0. The topological polar surface area (TPSA) is 12.0 Å². The van der Waals surface area contributed by atoms with Crippen molar-refractivity contribution in [2.75, 3.05) is 5.32 Å². The van der Waals surface area contributed by atoms with Crippen LogP contribution in [0.3, 0.4) is 0 Å². The van der Waals surface area contributed by atoms with Crippen LogP contribution < -0.4 is 5.32 Å². The van der Waals surface area contributed by atoms with Crippen LogP contribution in [0, 0.1) is 0 Å². The number of benzene rings is 2. The predicted molar refractivity (Wildman–Crippen MR) is 91.9 cm³/mol. The van der Waals surface area contributed by atoms with Gasteiger partial charge in [0.05, 0.1) is 11.7 Å².